The normalized spacial score (nSPS) is 28.0. The van der Waals surface area contributed by atoms with Crippen molar-refractivity contribution in [2.24, 2.45) is 5.92 Å². The quantitative estimate of drug-likeness (QED) is 0.820. The Morgan fingerprint density at radius 3 is 2.77 bits per heavy atom. The van der Waals surface area contributed by atoms with E-state index in [-0.39, 0.29) is 0 Å². The highest BCUT2D eigenvalue weighted by atomic mass is 15.2. The molecule has 0 unspecified atom stereocenters. The first-order valence-electron chi connectivity index (χ1n) is 9.24. The van der Waals surface area contributed by atoms with Gasteiger partial charge < -0.3 is 14.8 Å². The second-order valence-electron chi connectivity index (χ2n) is 7.34. The molecule has 1 saturated heterocycles. The summed E-state index contributed by atoms with van der Waals surface area (Å²) in [6.07, 6.45) is 15.4. The topological polar surface area (TPSA) is 33.1 Å². The van der Waals surface area contributed by atoms with Gasteiger partial charge in [0, 0.05) is 31.0 Å². The van der Waals surface area contributed by atoms with Crippen LogP contribution in [0.5, 0.6) is 0 Å². The minimum Gasteiger partial charge on any atom is -0.337 e. The first-order valence-corrected chi connectivity index (χ1v) is 9.24. The Bertz CT molecular complexity index is 409. The lowest BCUT2D eigenvalue weighted by Gasteiger charge is -2.41. The van der Waals surface area contributed by atoms with E-state index in [1.807, 2.05) is 18.7 Å². The minimum atomic E-state index is 0.736. The van der Waals surface area contributed by atoms with Gasteiger partial charge in [-0.1, -0.05) is 19.8 Å². The van der Waals surface area contributed by atoms with E-state index in [1.165, 1.54) is 58.0 Å². The van der Waals surface area contributed by atoms with Gasteiger partial charge in [-0.3, -0.25) is 0 Å². The number of hydrogen-bond donors (Lipinski definition) is 1. The molecule has 0 bridgehead atoms. The fourth-order valence-corrected chi connectivity index (χ4v) is 4.19. The van der Waals surface area contributed by atoms with Crippen molar-refractivity contribution in [3.8, 4) is 0 Å². The van der Waals surface area contributed by atoms with Gasteiger partial charge in [-0.2, -0.15) is 0 Å². The average Bonchev–Trinajstić information content (AvgIpc) is 3.06. The molecule has 1 saturated carbocycles. The van der Waals surface area contributed by atoms with Gasteiger partial charge in [0.2, 0.25) is 0 Å². The molecule has 1 aliphatic heterocycles. The summed E-state index contributed by atoms with van der Waals surface area (Å²) in [5.41, 5.74) is 0. The van der Waals surface area contributed by atoms with E-state index in [2.05, 4.69) is 26.7 Å². The van der Waals surface area contributed by atoms with Crippen molar-refractivity contribution in [3.05, 3.63) is 18.7 Å². The van der Waals surface area contributed by atoms with E-state index in [1.54, 1.807) is 0 Å². The Labute approximate surface area is 135 Å². The Morgan fingerprint density at radius 1 is 1.18 bits per heavy atom. The van der Waals surface area contributed by atoms with Gasteiger partial charge >= 0.3 is 0 Å². The number of hydrogen-bond acceptors (Lipinski definition) is 3. The number of likely N-dealkylation sites (tertiary alicyclic amines) is 1. The van der Waals surface area contributed by atoms with E-state index in [9.17, 15) is 0 Å². The molecule has 1 aromatic heterocycles. The van der Waals surface area contributed by atoms with Crippen molar-refractivity contribution in [2.75, 3.05) is 19.6 Å². The van der Waals surface area contributed by atoms with Crippen LogP contribution < -0.4 is 5.32 Å². The predicted octanol–water partition coefficient (Wildman–Crippen LogP) is 2.91. The smallest absolute Gasteiger partial charge is 0.0945 e. The first kappa shape index (κ1) is 16.0. The van der Waals surface area contributed by atoms with Gasteiger partial charge in [-0.15, -0.1) is 0 Å². The maximum atomic E-state index is 4.09. The van der Waals surface area contributed by atoms with E-state index in [4.69, 9.17) is 0 Å². The van der Waals surface area contributed by atoms with E-state index in [0.717, 1.165) is 31.1 Å². The van der Waals surface area contributed by atoms with Crippen molar-refractivity contribution < 1.29 is 0 Å². The number of rotatable bonds is 6. The van der Waals surface area contributed by atoms with Crippen LogP contribution in [-0.2, 0) is 6.54 Å². The van der Waals surface area contributed by atoms with Crippen LogP contribution in [-0.4, -0.2) is 46.2 Å². The zero-order chi connectivity index (χ0) is 15.2. The largest absolute Gasteiger partial charge is 0.337 e. The van der Waals surface area contributed by atoms with Crippen molar-refractivity contribution in [1.82, 2.24) is 19.8 Å². The van der Waals surface area contributed by atoms with Crippen molar-refractivity contribution >= 4 is 0 Å². The summed E-state index contributed by atoms with van der Waals surface area (Å²) < 4.78 is 2.16. The van der Waals surface area contributed by atoms with Gasteiger partial charge in [0.15, 0.2) is 0 Å². The lowest BCUT2D eigenvalue weighted by Crippen LogP contribution is -2.48. The highest BCUT2D eigenvalue weighted by Crippen LogP contribution is 2.29. The van der Waals surface area contributed by atoms with Gasteiger partial charge in [0.25, 0.3) is 0 Å². The second-order valence-corrected chi connectivity index (χ2v) is 7.34. The Kier molecular flexibility index (Phi) is 5.90. The maximum absolute atomic E-state index is 4.09. The number of nitrogens with one attached hydrogen (secondary N) is 1. The predicted molar refractivity (Wildman–Crippen MR) is 90.9 cm³/mol. The summed E-state index contributed by atoms with van der Waals surface area (Å²) in [6, 6.07) is 1.62. The zero-order valence-corrected chi connectivity index (χ0v) is 14.1. The molecule has 2 aliphatic rings. The van der Waals surface area contributed by atoms with Crippen LogP contribution in [0.3, 0.4) is 0 Å². The van der Waals surface area contributed by atoms with Crippen molar-refractivity contribution in [3.63, 3.8) is 0 Å². The van der Waals surface area contributed by atoms with E-state index in [0.29, 0.717) is 0 Å². The molecule has 22 heavy (non-hydrogen) atoms. The van der Waals surface area contributed by atoms with Crippen molar-refractivity contribution in [1.29, 1.82) is 0 Å². The third-order valence-electron chi connectivity index (χ3n) is 5.54. The number of aryl methyl sites for hydroxylation is 1. The lowest BCUT2D eigenvalue weighted by molar-refractivity contribution is 0.100. The molecule has 1 N–H and O–H groups in total. The molecule has 1 aliphatic carbocycles. The maximum Gasteiger partial charge on any atom is 0.0945 e. The highest BCUT2D eigenvalue weighted by Gasteiger charge is 2.27. The molecule has 1 aromatic rings. The summed E-state index contributed by atoms with van der Waals surface area (Å²) in [5.74, 6) is 0.942. The molecule has 4 heteroatoms. The Balaban J connectivity index is 1.30. The summed E-state index contributed by atoms with van der Waals surface area (Å²) in [6.45, 7) is 7.24. The second kappa shape index (κ2) is 8.11. The van der Waals surface area contributed by atoms with Crippen molar-refractivity contribution in [2.45, 2.75) is 70.5 Å². The third-order valence-corrected chi connectivity index (χ3v) is 5.54. The summed E-state index contributed by atoms with van der Waals surface area (Å²) in [7, 11) is 0. The van der Waals surface area contributed by atoms with Crippen LogP contribution in [0.1, 0.15) is 51.9 Å². The van der Waals surface area contributed by atoms with Gasteiger partial charge in [-0.25, -0.2) is 4.98 Å². The molecule has 2 atom stereocenters. The zero-order valence-electron chi connectivity index (χ0n) is 14.1. The van der Waals surface area contributed by atoms with Gasteiger partial charge in [-0.05, 0) is 57.7 Å². The van der Waals surface area contributed by atoms with Gasteiger partial charge in [0.1, 0.15) is 0 Å². The fourth-order valence-electron chi connectivity index (χ4n) is 4.19. The van der Waals surface area contributed by atoms with E-state index < -0.39 is 0 Å². The molecule has 2 fully saturated rings. The number of imidazole rings is 1. The molecular weight excluding hydrogens is 272 g/mol. The summed E-state index contributed by atoms with van der Waals surface area (Å²) in [4.78, 5) is 6.86. The molecular formula is C18H32N4. The molecule has 4 nitrogen and oxygen atoms in total. The van der Waals surface area contributed by atoms with Crippen LogP contribution in [0.25, 0.3) is 0 Å². The number of aromatic nitrogens is 2. The lowest BCUT2D eigenvalue weighted by atomic mass is 9.85. The Hall–Kier alpha value is -0.870. The fraction of sp³-hybridized carbons (Fsp3) is 0.833. The van der Waals surface area contributed by atoms with Gasteiger partial charge in [0.05, 0.1) is 6.33 Å². The molecule has 0 aromatic carbocycles. The molecule has 124 valence electrons. The third kappa shape index (κ3) is 4.56. The average molecular weight is 304 g/mol. The first-order chi connectivity index (χ1) is 10.8. The highest BCUT2D eigenvalue weighted by molar-refractivity contribution is 4.84. The van der Waals surface area contributed by atoms with Crippen LogP contribution in [0.2, 0.25) is 0 Å². The number of piperidine rings is 1. The standard InChI is InChI=1S/C18H32N4/c1-16-4-2-5-18(14-16)22-11-6-17(7-12-22)20-8-3-10-21-13-9-19-15-21/h9,13,15-18,20H,2-8,10-12,14H2,1H3/t16-,18+/m1/s1. The van der Waals surface area contributed by atoms with Crippen LogP contribution in [0, 0.1) is 5.92 Å². The summed E-state index contributed by atoms with van der Waals surface area (Å²) in [5, 5.41) is 3.76. The molecule has 0 spiro atoms. The molecule has 3 rings (SSSR count). The van der Waals surface area contributed by atoms with Crippen LogP contribution in [0.4, 0.5) is 0 Å². The Morgan fingerprint density at radius 2 is 2.05 bits per heavy atom. The van der Waals surface area contributed by atoms with Crippen LogP contribution >= 0.6 is 0 Å². The molecule has 0 radical (unpaired) electrons. The molecule has 0 amide bonds. The summed E-state index contributed by atoms with van der Waals surface area (Å²) >= 11 is 0. The monoisotopic (exact) mass is 304 g/mol. The van der Waals surface area contributed by atoms with E-state index >= 15 is 0 Å². The molecule has 2 heterocycles. The SMILES string of the molecule is C[C@@H]1CCC[C@H](N2CCC(NCCCn3ccnc3)CC2)C1. The number of nitrogens with zero attached hydrogens (tertiary/aromatic N) is 3. The minimum absolute atomic E-state index is 0.736. The van der Waals surface area contributed by atoms with Crippen LogP contribution in [0.15, 0.2) is 18.7 Å².